The summed E-state index contributed by atoms with van der Waals surface area (Å²) in [6.45, 7) is 3.35. The van der Waals surface area contributed by atoms with Crippen molar-refractivity contribution in [3.05, 3.63) is 65.7 Å². The van der Waals surface area contributed by atoms with Crippen molar-refractivity contribution in [3.63, 3.8) is 0 Å². The topological polar surface area (TPSA) is 108 Å². The molecule has 0 saturated carbocycles. The molecule has 0 aromatic heterocycles. The monoisotopic (exact) mass is 379 g/mol. The number of amides is 2. The molecule has 28 heavy (non-hydrogen) atoms. The van der Waals surface area contributed by atoms with Gasteiger partial charge in [-0.1, -0.05) is 30.3 Å². The molecule has 0 heterocycles. The maximum Gasteiger partial charge on any atom is 0.338 e. The molecule has 2 amide bonds. The minimum atomic E-state index is -0.964. The van der Waals surface area contributed by atoms with Gasteiger partial charge in [-0.2, -0.15) is 5.26 Å². The van der Waals surface area contributed by atoms with Crippen LogP contribution in [0.4, 0.5) is 5.69 Å². The van der Waals surface area contributed by atoms with Crippen LogP contribution >= 0.6 is 0 Å². The molecule has 0 aliphatic rings. The van der Waals surface area contributed by atoms with Crippen molar-refractivity contribution >= 4 is 23.5 Å². The van der Waals surface area contributed by atoms with Crippen molar-refractivity contribution in [2.75, 3.05) is 5.32 Å². The molecule has 2 aromatic carbocycles. The molecule has 0 saturated heterocycles. The predicted molar refractivity (Wildman–Crippen MR) is 103 cm³/mol. The Morgan fingerprint density at radius 1 is 1.04 bits per heavy atom. The quantitative estimate of drug-likeness (QED) is 0.719. The second-order valence-corrected chi connectivity index (χ2v) is 6.15. The molecule has 2 aromatic rings. The highest BCUT2D eigenvalue weighted by Gasteiger charge is 2.20. The second kappa shape index (κ2) is 9.88. The normalized spacial score (nSPS) is 12.2. The van der Waals surface area contributed by atoms with Crippen LogP contribution in [0.3, 0.4) is 0 Å². The van der Waals surface area contributed by atoms with Gasteiger partial charge in [0.15, 0.2) is 6.10 Å². The number of carbonyl (C=O) groups is 3. The molecule has 144 valence electrons. The molecule has 0 radical (unpaired) electrons. The van der Waals surface area contributed by atoms with E-state index in [0.717, 1.165) is 5.56 Å². The van der Waals surface area contributed by atoms with Crippen LogP contribution in [0.2, 0.25) is 0 Å². The van der Waals surface area contributed by atoms with Gasteiger partial charge in [0, 0.05) is 5.69 Å². The van der Waals surface area contributed by atoms with Crippen LogP contribution in [0.25, 0.3) is 0 Å². The Balaban J connectivity index is 1.90. The van der Waals surface area contributed by atoms with Crippen LogP contribution in [-0.2, 0) is 14.3 Å². The van der Waals surface area contributed by atoms with E-state index in [1.54, 1.807) is 6.07 Å². The van der Waals surface area contributed by atoms with Gasteiger partial charge in [0.05, 0.1) is 17.7 Å². The maximum atomic E-state index is 12.3. The summed E-state index contributed by atoms with van der Waals surface area (Å²) in [5.41, 5.74) is 1.65. The highest BCUT2D eigenvalue weighted by atomic mass is 16.5. The molecule has 0 bridgehead atoms. The van der Waals surface area contributed by atoms with Crippen LogP contribution in [-0.4, -0.2) is 23.9 Å². The smallest absolute Gasteiger partial charge is 0.338 e. The molecule has 0 aliphatic heterocycles. The van der Waals surface area contributed by atoms with Gasteiger partial charge in [-0.05, 0) is 43.7 Å². The minimum absolute atomic E-state index is 0.217. The third-order valence-corrected chi connectivity index (χ3v) is 3.96. The molecule has 7 nitrogen and oxygen atoms in total. The third kappa shape index (κ3) is 5.95. The summed E-state index contributed by atoms with van der Waals surface area (Å²) in [6, 6.07) is 17.0. The Bertz CT molecular complexity index is 873. The molecule has 2 N–H and O–H groups in total. The first-order chi connectivity index (χ1) is 13.4. The summed E-state index contributed by atoms with van der Waals surface area (Å²) < 4.78 is 5.21. The van der Waals surface area contributed by atoms with Crippen LogP contribution in [0.1, 0.15) is 42.2 Å². The number of benzene rings is 2. The fourth-order valence-electron chi connectivity index (χ4n) is 2.40. The molecule has 0 spiro atoms. The average molecular weight is 379 g/mol. The van der Waals surface area contributed by atoms with Crippen molar-refractivity contribution in [2.24, 2.45) is 0 Å². The molecule has 0 aliphatic carbocycles. The first kappa shape index (κ1) is 20.6. The fourth-order valence-corrected chi connectivity index (χ4v) is 2.40. The van der Waals surface area contributed by atoms with Gasteiger partial charge in [-0.3, -0.25) is 9.59 Å². The Hall–Kier alpha value is -3.66. The average Bonchev–Trinajstić information content (AvgIpc) is 2.69. The van der Waals surface area contributed by atoms with Gasteiger partial charge in [0.2, 0.25) is 5.91 Å². The van der Waals surface area contributed by atoms with E-state index in [1.807, 2.05) is 37.3 Å². The number of nitrogens with zero attached hydrogens (tertiary/aromatic N) is 1. The lowest BCUT2D eigenvalue weighted by Gasteiger charge is -2.18. The van der Waals surface area contributed by atoms with Crippen LogP contribution in [0, 0.1) is 11.3 Å². The number of rotatable bonds is 7. The van der Waals surface area contributed by atoms with E-state index in [2.05, 4.69) is 10.6 Å². The highest BCUT2D eigenvalue weighted by molar-refractivity contribution is 5.94. The molecular formula is C21H21N3O4. The van der Waals surface area contributed by atoms with Crippen molar-refractivity contribution in [1.82, 2.24) is 5.32 Å². The SMILES string of the molecule is CC(OC(=O)c1ccc(NC(=O)CC#N)cc1)C(=O)NC(C)c1ccccc1. The maximum absolute atomic E-state index is 12.3. The van der Waals surface area contributed by atoms with E-state index in [-0.39, 0.29) is 18.0 Å². The highest BCUT2D eigenvalue weighted by Crippen LogP contribution is 2.14. The van der Waals surface area contributed by atoms with Gasteiger partial charge in [-0.25, -0.2) is 4.79 Å². The van der Waals surface area contributed by atoms with Crippen molar-refractivity contribution in [2.45, 2.75) is 32.4 Å². The van der Waals surface area contributed by atoms with Gasteiger partial charge in [-0.15, -0.1) is 0 Å². The minimum Gasteiger partial charge on any atom is -0.449 e. The Labute approximate surface area is 163 Å². The molecule has 2 unspecified atom stereocenters. The first-order valence-electron chi connectivity index (χ1n) is 8.74. The van der Waals surface area contributed by atoms with Crippen LogP contribution in [0.15, 0.2) is 54.6 Å². The summed E-state index contributed by atoms with van der Waals surface area (Å²) in [5.74, 6) is -1.48. The summed E-state index contributed by atoms with van der Waals surface area (Å²) in [5, 5.41) is 13.8. The summed E-state index contributed by atoms with van der Waals surface area (Å²) in [6.07, 6.45) is -1.22. The van der Waals surface area contributed by atoms with Gasteiger partial charge in [0.1, 0.15) is 6.42 Å². The van der Waals surface area contributed by atoms with Crippen molar-refractivity contribution in [3.8, 4) is 6.07 Å². The molecule has 7 heteroatoms. The summed E-state index contributed by atoms with van der Waals surface area (Å²) in [7, 11) is 0. The van der Waals surface area contributed by atoms with E-state index >= 15 is 0 Å². The number of ether oxygens (including phenoxy) is 1. The van der Waals surface area contributed by atoms with Crippen LogP contribution < -0.4 is 10.6 Å². The number of nitrogens with one attached hydrogen (secondary N) is 2. The lowest BCUT2D eigenvalue weighted by atomic mass is 10.1. The van der Waals surface area contributed by atoms with E-state index < -0.39 is 23.9 Å². The lowest BCUT2D eigenvalue weighted by molar-refractivity contribution is -0.129. The van der Waals surface area contributed by atoms with Gasteiger partial charge < -0.3 is 15.4 Å². The zero-order valence-corrected chi connectivity index (χ0v) is 15.6. The fraction of sp³-hybridized carbons (Fsp3) is 0.238. The lowest BCUT2D eigenvalue weighted by Crippen LogP contribution is -2.37. The van der Waals surface area contributed by atoms with E-state index in [9.17, 15) is 14.4 Å². The van der Waals surface area contributed by atoms with Crippen molar-refractivity contribution in [1.29, 1.82) is 5.26 Å². The number of nitriles is 1. The molecular weight excluding hydrogens is 358 g/mol. The largest absolute Gasteiger partial charge is 0.449 e. The third-order valence-electron chi connectivity index (χ3n) is 3.96. The zero-order chi connectivity index (χ0) is 20.5. The summed E-state index contributed by atoms with van der Waals surface area (Å²) in [4.78, 5) is 35.9. The Kier molecular flexibility index (Phi) is 7.28. The number of anilines is 1. The number of carbonyl (C=O) groups excluding carboxylic acids is 3. The number of hydrogen-bond acceptors (Lipinski definition) is 5. The molecule has 2 rings (SSSR count). The van der Waals surface area contributed by atoms with E-state index in [1.165, 1.54) is 31.2 Å². The van der Waals surface area contributed by atoms with Gasteiger partial charge in [0.25, 0.3) is 5.91 Å². The first-order valence-corrected chi connectivity index (χ1v) is 8.74. The summed E-state index contributed by atoms with van der Waals surface area (Å²) >= 11 is 0. The Morgan fingerprint density at radius 3 is 2.29 bits per heavy atom. The van der Waals surface area contributed by atoms with Crippen LogP contribution in [0.5, 0.6) is 0 Å². The Morgan fingerprint density at radius 2 is 1.68 bits per heavy atom. The molecule has 2 atom stereocenters. The molecule has 0 fully saturated rings. The predicted octanol–water partition coefficient (Wildman–Crippen LogP) is 2.96. The zero-order valence-electron chi connectivity index (χ0n) is 15.6. The van der Waals surface area contributed by atoms with Gasteiger partial charge >= 0.3 is 5.97 Å². The van der Waals surface area contributed by atoms with E-state index in [0.29, 0.717) is 5.69 Å². The van der Waals surface area contributed by atoms with Crippen molar-refractivity contribution < 1.29 is 19.1 Å². The second-order valence-electron chi connectivity index (χ2n) is 6.15. The number of esters is 1. The standard InChI is InChI=1S/C21H21N3O4/c1-14(16-6-4-3-5-7-16)23-20(26)15(2)28-21(27)17-8-10-18(11-9-17)24-19(25)12-13-22/h3-11,14-15H,12H2,1-2H3,(H,23,26)(H,24,25). The number of hydrogen-bond donors (Lipinski definition) is 2. The van der Waals surface area contributed by atoms with E-state index in [4.69, 9.17) is 10.00 Å².